The first-order valence-corrected chi connectivity index (χ1v) is 15.5. The van der Waals surface area contributed by atoms with Crippen LogP contribution < -0.4 is 0 Å². The number of rotatable bonds is 10. The molecule has 0 aliphatic heterocycles. The Labute approximate surface area is 266 Å². The maximum absolute atomic E-state index is 12.2. The van der Waals surface area contributed by atoms with Crippen LogP contribution in [0.2, 0.25) is 0 Å². The molecule has 238 valence electrons. The molecule has 2 rings (SSSR count). The second-order valence-electron chi connectivity index (χ2n) is 13.6. The number of aliphatic hydroxyl groups is 3. The monoisotopic (exact) mass is 598 g/mol. The van der Waals surface area contributed by atoms with Crippen molar-refractivity contribution in [2.45, 2.75) is 100 Å². The van der Waals surface area contributed by atoms with E-state index < -0.39 is 18.3 Å². The van der Waals surface area contributed by atoms with Gasteiger partial charge in [-0.2, -0.15) is 0 Å². The van der Waals surface area contributed by atoms with Gasteiger partial charge in [-0.05, 0) is 87.5 Å². The molecule has 4 nitrogen and oxygen atoms in total. The molecule has 2 aliphatic carbocycles. The molecule has 0 fully saturated rings. The minimum absolute atomic E-state index is 0.173. The van der Waals surface area contributed by atoms with Gasteiger partial charge >= 0.3 is 0 Å². The lowest BCUT2D eigenvalue weighted by molar-refractivity contribution is -0.125. The molecular weight excluding hydrogens is 544 g/mol. The lowest BCUT2D eigenvalue weighted by Crippen LogP contribution is -2.38. The molecule has 0 aromatic rings. The second kappa shape index (κ2) is 16.1. The molecular formula is C40H54O4. The Morgan fingerprint density at radius 3 is 1.55 bits per heavy atom. The third-order valence-electron chi connectivity index (χ3n) is 8.48. The normalized spacial score (nSPS) is 26.2. The summed E-state index contributed by atoms with van der Waals surface area (Å²) in [7, 11) is 0. The molecule has 44 heavy (non-hydrogen) atoms. The number of Topliss-reactive ketones (excluding diaryl/α,β-unsaturated/α-hetero) is 1. The fourth-order valence-electron chi connectivity index (χ4n) is 5.78. The van der Waals surface area contributed by atoms with Crippen molar-refractivity contribution in [1.29, 1.82) is 0 Å². The van der Waals surface area contributed by atoms with Crippen LogP contribution >= 0.6 is 0 Å². The van der Waals surface area contributed by atoms with Gasteiger partial charge in [0.2, 0.25) is 0 Å². The Bertz CT molecular complexity index is 1410. The summed E-state index contributed by atoms with van der Waals surface area (Å²) in [5, 5.41) is 30.4. The zero-order chi connectivity index (χ0) is 33.2. The minimum Gasteiger partial charge on any atom is -0.390 e. The highest BCUT2D eigenvalue weighted by atomic mass is 16.3. The number of carbonyl (C=O) groups is 1. The van der Waals surface area contributed by atoms with Crippen molar-refractivity contribution >= 4 is 5.78 Å². The van der Waals surface area contributed by atoms with Gasteiger partial charge in [0.05, 0.1) is 6.10 Å². The summed E-state index contributed by atoms with van der Waals surface area (Å²) in [4.78, 5) is 12.2. The van der Waals surface area contributed by atoms with Crippen LogP contribution in [0.25, 0.3) is 0 Å². The van der Waals surface area contributed by atoms with E-state index in [0.29, 0.717) is 18.4 Å². The third kappa shape index (κ3) is 10.7. The van der Waals surface area contributed by atoms with Gasteiger partial charge in [-0.1, -0.05) is 135 Å². The van der Waals surface area contributed by atoms with Gasteiger partial charge in [0, 0.05) is 0 Å². The van der Waals surface area contributed by atoms with Crippen molar-refractivity contribution < 1.29 is 20.1 Å². The Hall–Kier alpha value is -3.31. The lowest BCUT2D eigenvalue weighted by atomic mass is 9.70. The van der Waals surface area contributed by atoms with Crippen molar-refractivity contribution in [2.24, 2.45) is 10.8 Å². The standard InChI is InChI=1S/C40H54O4/c1-27(17-13-19-29(3)21-23-33-31(5)37(43)35(41)25-39(33,7)8)15-11-12-16-28(2)18-14-20-30(4)22-24-34-32(6)38(44)36(42)26-40(34,9)10/h11-24,35-37,41-43H,25-26H2,1-10H3/b12-11+,17-13?,18-14+,23-21?,24-22+,27-15?,28-16+,29-19?,30-20+. The van der Waals surface area contributed by atoms with E-state index in [1.54, 1.807) is 6.92 Å². The quantitative estimate of drug-likeness (QED) is 0.220. The molecule has 0 saturated heterocycles. The van der Waals surface area contributed by atoms with Gasteiger partial charge in [0.1, 0.15) is 12.2 Å². The second-order valence-corrected chi connectivity index (χ2v) is 13.6. The molecule has 4 heteroatoms. The fourth-order valence-corrected chi connectivity index (χ4v) is 5.78. The number of hydrogen-bond donors (Lipinski definition) is 3. The molecule has 0 heterocycles. The van der Waals surface area contributed by atoms with E-state index in [9.17, 15) is 20.1 Å². The highest BCUT2D eigenvalue weighted by Crippen LogP contribution is 2.41. The van der Waals surface area contributed by atoms with Gasteiger partial charge in [-0.25, -0.2) is 0 Å². The van der Waals surface area contributed by atoms with Gasteiger partial charge in [0.15, 0.2) is 5.78 Å². The zero-order valence-corrected chi connectivity index (χ0v) is 28.5. The van der Waals surface area contributed by atoms with Gasteiger partial charge in [-0.15, -0.1) is 0 Å². The van der Waals surface area contributed by atoms with Crippen LogP contribution in [-0.4, -0.2) is 39.4 Å². The van der Waals surface area contributed by atoms with Crippen molar-refractivity contribution in [1.82, 2.24) is 0 Å². The van der Waals surface area contributed by atoms with Crippen LogP contribution in [0.5, 0.6) is 0 Å². The van der Waals surface area contributed by atoms with Crippen molar-refractivity contribution in [2.75, 3.05) is 0 Å². The third-order valence-corrected chi connectivity index (χ3v) is 8.48. The predicted molar refractivity (Wildman–Crippen MR) is 186 cm³/mol. The van der Waals surface area contributed by atoms with E-state index in [1.165, 1.54) is 0 Å². The Balaban J connectivity index is 1.95. The molecule has 0 spiro atoms. The first kappa shape index (κ1) is 36.9. The van der Waals surface area contributed by atoms with Gasteiger partial charge in [0.25, 0.3) is 0 Å². The fraction of sp³-hybridized carbons (Fsp3) is 0.425. The lowest BCUT2D eigenvalue weighted by Gasteiger charge is -2.38. The van der Waals surface area contributed by atoms with Crippen LogP contribution in [-0.2, 0) is 4.79 Å². The summed E-state index contributed by atoms with van der Waals surface area (Å²) < 4.78 is 0. The summed E-state index contributed by atoms with van der Waals surface area (Å²) in [5.74, 6) is -0.173. The molecule has 3 N–H and O–H groups in total. The largest absolute Gasteiger partial charge is 0.390 e. The molecule has 0 radical (unpaired) electrons. The van der Waals surface area contributed by atoms with Gasteiger partial charge < -0.3 is 15.3 Å². The number of hydrogen-bond acceptors (Lipinski definition) is 4. The molecule has 3 unspecified atom stereocenters. The Morgan fingerprint density at radius 1 is 0.636 bits per heavy atom. The summed E-state index contributed by atoms with van der Waals surface area (Å²) in [5.41, 5.74) is 7.57. The number of ketones is 1. The molecule has 0 amide bonds. The molecule has 0 aromatic heterocycles. The maximum atomic E-state index is 12.2. The molecule has 3 atom stereocenters. The number of carbonyl (C=O) groups excluding carboxylic acids is 1. The minimum atomic E-state index is -0.905. The summed E-state index contributed by atoms with van der Waals surface area (Å²) >= 11 is 0. The van der Waals surface area contributed by atoms with E-state index in [4.69, 9.17) is 0 Å². The molecule has 0 saturated carbocycles. The van der Waals surface area contributed by atoms with Gasteiger partial charge in [-0.3, -0.25) is 4.79 Å². The van der Waals surface area contributed by atoms with E-state index >= 15 is 0 Å². The summed E-state index contributed by atoms with van der Waals surface area (Å²) in [6.07, 6.45) is 27.2. The van der Waals surface area contributed by atoms with Crippen LogP contribution in [0, 0.1) is 10.8 Å². The average Bonchev–Trinajstić information content (AvgIpc) is 2.92. The Morgan fingerprint density at radius 2 is 1.05 bits per heavy atom. The summed E-state index contributed by atoms with van der Waals surface area (Å²) in [6.45, 7) is 20.2. The van der Waals surface area contributed by atoms with Crippen LogP contribution in [0.3, 0.4) is 0 Å². The maximum Gasteiger partial charge on any atom is 0.187 e. The van der Waals surface area contributed by atoms with Crippen LogP contribution in [0.1, 0.15) is 82.1 Å². The predicted octanol–water partition coefficient (Wildman–Crippen LogP) is 8.70. The van der Waals surface area contributed by atoms with Crippen LogP contribution in [0.15, 0.2) is 130 Å². The highest BCUT2D eigenvalue weighted by molar-refractivity contribution is 6.00. The topological polar surface area (TPSA) is 77.8 Å². The molecule has 2 aliphatic rings. The molecule has 0 aromatic carbocycles. The number of allylic oxidation sites excluding steroid dienone is 20. The van der Waals surface area contributed by atoms with E-state index in [2.05, 4.69) is 91.0 Å². The molecule has 0 bridgehead atoms. The SMILES string of the molecule is CC(C=CC1=C(C)C(O)C(O)CC1(C)C)=CC=CC(C)=C/C=C/C=C(C)/C=C/C=C(C)/C=C/C1=C(C)C(=O)C(O)CC1(C)C. The Kier molecular flexibility index (Phi) is 13.5. The van der Waals surface area contributed by atoms with E-state index in [-0.39, 0.29) is 16.6 Å². The first-order valence-electron chi connectivity index (χ1n) is 15.5. The number of aliphatic hydroxyl groups excluding tert-OH is 3. The van der Waals surface area contributed by atoms with Crippen molar-refractivity contribution in [3.8, 4) is 0 Å². The highest BCUT2D eigenvalue weighted by Gasteiger charge is 2.37. The van der Waals surface area contributed by atoms with Crippen molar-refractivity contribution in [3.05, 3.63) is 130 Å². The van der Waals surface area contributed by atoms with Crippen molar-refractivity contribution in [3.63, 3.8) is 0 Å². The zero-order valence-electron chi connectivity index (χ0n) is 28.5. The first-order chi connectivity index (χ1) is 20.5. The van der Waals surface area contributed by atoms with Crippen LogP contribution in [0.4, 0.5) is 0 Å². The average molecular weight is 599 g/mol. The van der Waals surface area contributed by atoms with E-state index in [0.717, 1.165) is 39.0 Å². The summed E-state index contributed by atoms with van der Waals surface area (Å²) in [6, 6.07) is 0. The smallest absolute Gasteiger partial charge is 0.187 e. The van der Waals surface area contributed by atoms with E-state index in [1.807, 2.05) is 56.4 Å².